The van der Waals surface area contributed by atoms with Crippen LogP contribution in [0.25, 0.3) is 0 Å². The third kappa shape index (κ3) is 4.80. The maximum Gasteiger partial charge on any atom is 0.338 e. The number of hydrogen-bond donors (Lipinski definition) is 2. The second kappa shape index (κ2) is 8.45. The van der Waals surface area contributed by atoms with E-state index in [1.807, 2.05) is 25.1 Å². The predicted molar refractivity (Wildman–Crippen MR) is 101 cm³/mol. The highest BCUT2D eigenvalue weighted by Gasteiger charge is 2.10. The van der Waals surface area contributed by atoms with Gasteiger partial charge in [0.25, 0.3) is 0 Å². The number of carbonyl (C=O) groups is 1. The Hall–Kier alpha value is -2.40. The Kier molecular flexibility index (Phi) is 6.32. The van der Waals surface area contributed by atoms with E-state index in [1.54, 1.807) is 19.1 Å². The van der Waals surface area contributed by atoms with Crippen molar-refractivity contribution in [3.8, 4) is 0 Å². The average Bonchev–Trinajstić information content (AvgIpc) is 2.56. The van der Waals surface area contributed by atoms with Gasteiger partial charge in [-0.15, -0.1) is 0 Å². The molecule has 126 valence electrons. The van der Waals surface area contributed by atoms with Crippen molar-refractivity contribution in [2.24, 2.45) is 0 Å². The summed E-state index contributed by atoms with van der Waals surface area (Å²) in [6.45, 7) is 6.82. The molecular weight excluding hydrogens is 320 g/mol. The summed E-state index contributed by atoms with van der Waals surface area (Å²) in [6, 6.07) is 13.5. The number of hydrogen-bond acceptors (Lipinski definition) is 3. The van der Waals surface area contributed by atoms with Gasteiger partial charge in [0, 0.05) is 12.2 Å². The summed E-state index contributed by atoms with van der Waals surface area (Å²) in [4.78, 5) is 11.8. The molecule has 0 fully saturated rings. The number of carbonyl (C=O) groups excluding carboxylic acids is 1. The van der Waals surface area contributed by atoms with Gasteiger partial charge in [-0.25, -0.2) is 4.79 Å². The van der Waals surface area contributed by atoms with Crippen LogP contribution < -0.4 is 10.6 Å². The fourth-order valence-electron chi connectivity index (χ4n) is 2.25. The van der Waals surface area contributed by atoms with Crippen LogP contribution in [0.5, 0.6) is 0 Å². The molecule has 0 heterocycles. The van der Waals surface area contributed by atoms with Crippen molar-refractivity contribution >= 4 is 29.0 Å². The standard InChI is InChI=1S/C19H22N2O2S/c1-4-23-18(22)15-10-9-14(3)17(11-15)21-19(24)20-12-16-8-6-5-7-13(16)2/h5-11H,4,12H2,1-3H3,(H2,20,21,24). The zero-order valence-corrected chi connectivity index (χ0v) is 15.0. The first-order valence-corrected chi connectivity index (χ1v) is 8.29. The average molecular weight is 342 g/mol. The van der Waals surface area contributed by atoms with Gasteiger partial charge in [0.05, 0.1) is 12.2 Å². The Labute approximate surface area is 148 Å². The van der Waals surface area contributed by atoms with Crippen LogP contribution >= 0.6 is 12.2 Å². The highest BCUT2D eigenvalue weighted by Crippen LogP contribution is 2.18. The normalized spacial score (nSPS) is 10.1. The third-order valence-electron chi connectivity index (χ3n) is 3.70. The Balaban J connectivity index is 2.02. The molecule has 0 spiro atoms. The van der Waals surface area contributed by atoms with Gasteiger partial charge in [0.2, 0.25) is 0 Å². The quantitative estimate of drug-likeness (QED) is 0.636. The lowest BCUT2D eigenvalue weighted by Crippen LogP contribution is -2.28. The highest BCUT2D eigenvalue weighted by atomic mass is 32.1. The molecule has 0 radical (unpaired) electrons. The zero-order valence-electron chi connectivity index (χ0n) is 14.2. The van der Waals surface area contributed by atoms with Gasteiger partial charge in [-0.05, 0) is 61.8 Å². The molecule has 0 atom stereocenters. The molecule has 2 aromatic carbocycles. The molecule has 0 aliphatic rings. The molecule has 4 nitrogen and oxygen atoms in total. The lowest BCUT2D eigenvalue weighted by atomic mass is 10.1. The number of esters is 1. The molecule has 2 aromatic rings. The van der Waals surface area contributed by atoms with E-state index in [9.17, 15) is 4.79 Å². The number of nitrogens with one attached hydrogen (secondary N) is 2. The van der Waals surface area contributed by atoms with Crippen molar-refractivity contribution in [1.82, 2.24) is 5.32 Å². The fourth-order valence-corrected chi connectivity index (χ4v) is 2.43. The van der Waals surface area contributed by atoms with Crippen LogP contribution in [0.3, 0.4) is 0 Å². The van der Waals surface area contributed by atoms with Gasteiger partial charge in [0.15, 0.2) is 5.11 Å². The van der Waals surface area contributed by atoms with Crippen molar-refractivity contribution in [2.45, 2.75) is 27.3 Å². The van der Waals surface area contributed by atoms with Crippen molar-refractivity contribution in [2.75, 3.05) is 11.9 Å². The number of anilines is 1. The molecule has 0 aromatic heterocycles. The van der Waals surface area contributed by atoms with E-state index >= 15 is 0 Å². The summed E-state index contributed by atoms with van der Waals surface area (Å²) in [5, 5.41) is 6.86. The molecule has 5 heteroatoms. The number of rotatable bonds is 5. The lowest BCUT2D eigenvalue weighted by Gasteiger charge is -2.14. The lowest BCUT2D eigenvalue weighted by molar-refractivity contribution is 0.0526. The van der Waals surface area contributed by atoms with Crippen molar-refractivity contribution in [3.63, 3.8) is 0 Å². The van der Waals surface area contributed by atoms with Crippen LogP contribution in [0.15, 0.2) is 42.5 Å². The van der Waals surface area contributed by atoms with Crippen molar-refractivity contribution in [1.29, 1.82) is 0 Å². The molecule has 0 aliphatic carbocycles. The van der Waals surface area contributed by atoms with Gasteiger partial charge in [-0.3, -0.25) is 0 Å². The minimum absolute atomic E-state index is 0.334. The van der Waals surface area contributed by atoms with E-state index in [2.05, 4.69) is 29.7 Å². The van der Waals surface area contributed by atoms with Gasteiger partial charge >= 0.3 is 5.97 Å². The summed E-state index contributed by atoms with van der Waals surface area (Å²) in [5.41, 5.74) is 4.71. The molecule has 0 unspecified atom stereocenters. The number of ether oxygens (including phenoxy) is 1. The third-order valence-corrected chi connectivity index (χ3v) is 3.94. The van der Waals surface area contributed by atoms with Crippen LogP contribution in [0.4, 0.5) is 5.69 Å². The van der Waals surface area contributed by atoms with Crippen LogP contribution in [-0.4, -0.2) is 17.7 Å². The molecule has 24 heavy (non-hydrogen) atoms. The fraction of sp³-hybridized carbons (Fsp3) is 0.263. The Morgan fingerprint density at radius 2 is 1.88 bits per heavy atom. The molecular formula is C19H22N2O2S. The van der Waals surface area contributed by atoms with Crippen LogP contribution in [0.2, 0.25) is 0 Å². The number of aryl methyl sites for hydroxylation is 2. The van der Waals surface area contributed by atoms with E-state index in [-0.39, 0.29) is 5.97 Å². The molecule has 0 saturated carbocycles. The number of benzene rings is 2. The maximum absolute atomic E-state index is 11.8. The van der Waals surface area contributed by atoms with Gasteiger partial charge in [-0.1, -0.05) is 30.3 Å². The van der Waals surface area contributed by atoms with Crippen molar-refractivity contribution < 1.29 is 9.53 Å². The summed E-state index contributed by atoms with van der Waals surface area (Å²) < 4.78 is 5.03. The summed E-state index contributed by atoms with van der Waals surface area (Å²) in [7, 11) is 0. The summed E-state index contributed by atoms with van der Waals surface area (Å²) in [6.07, 6.45) is 0. The Morgan fingerprint density at radius 3 is 2.58 bits per heavy atom. The maximum atomic E-state index is 11.8. The predicted octanol–water partition coefficient (Wildman–Crippen LogP) is 3.97. The second-order valence-corrected chi connectivity index (χ2v) is 5.89. The van der Waals surface area contributed by atoms with Crippen LogP contribution in [0, 0.1) is 13.8 Å². The van der Waals surface area contributed by atoms with E-state index in [0.717, 1.165) is 11.3 Å². The Bertz CT molecular complexity index is 744. The monoisotopic (exact) mass is 342 g/mol. The van der Waals surface area contributed by atoms with Gasteiger partial charge in [-0.2, -0.15) is 0 Å². The first kappa shape index (κ1) is 17.9. The number of thiocarbonyl (C=S) groups is 1. The minimum Gasteiger partial charge on any atom is -0.462 e. The van der Waals surface area contributed by atoms with E-state index in [1.165, 1.54) is 11.1 Å². The van der Waals surface area contributed by atoms with E-state index < -0.39 is 0 Å². The second-order valence-electron chi connectivity index (χ2n) is 5.48. The molecule has 2 rings (SSSR count). The van der Waals surface area contributed by atoms with E-state index in [0.29, 0.717) is 23.8 Å². The largest absolute Gasteiger partial charge is 0.462 e. The topological polar surface area (TPSA) is 50.4 Å². The highest BCUT2D eigenvalue weighted by molar-refractivity contribution is 7.80. The minimum atomic E-state index is -0.334. The van der Waals surface area contributed by atoms with Crippen LogP contribution in [-0.2, 0) is 11.3 Å². The van der Waals surface area contributed by atoms with Crippen LogP contribution in [0.1, 0.15) is 34.0 Å². The molecule has 0 saturated heterocycles. The smallest absolute Gasteiger partial charge is 0.338 e. The molecule has 0 amide bonds. The Morgan fingerprint density at radius 1 is 1.12 bits per heavy atom. The molecule has 0 aliphatic heterocycles. The van der Waals surface area contributed by atoms with Gasteiger partial charge < -0.3 is 15.4 Å². The first-order valence-electron chi connectivity index (χ1n) is 7.88. The van der Waals surface area contributed by atoms with E-state index in [4.69, 9.17) is 17.0 Å². The van der Waals surface area contributed by atoms with Crippen molar-refractivity contribution in [3.05, 3.63) is 64.7 Å². The summed E-state index contributed by atoms with van der Waals surface area (Å²) >= 11 is 5.36. The molecule has 2 N–H and O–H groups in total. The van der Waals surface area contributed by atoms with Gasteiger partial charge in [0.1, 0.15) is 0 Å². The zero-order chi connectivity index (χ0) is 17.5. The summed E-state index contributed by atoms with van der Waals surface area (Å²) in [5.74, 6) is -0.334. The molecule has 0 bridgehead atoms. The SMILES string of the molecule is CCOC(=O)c1ccc(C)c(NC(=S)NCc2ccccc2C)c1. The first-order chi connectivity index (χ1) is 11.5.